The summed E-state index contributed by atoms with van der Waals surface area (Å²) in [7, 11) is -5.81. The van der Waals surface area contributed by atoms with Gasteiger partial charge in [0.25, 0.3) is 0 Å². The molecule has 2 saturated heterocycles. The number of esters is 4. The first-order chi connectivity index (χ1) is 57.6. The summed E-state index contributed by atoms with van der Waals surface area (Å²) in [6.45, 7) is 7.94. The Morgan fingerprint density at radius 1 is 0.353 bits per heavy atom. The van der Waals surface area contributed by atoms with Gasteiger partial charge in [0.1, 0.15) is 92.6 Å². The van der Waals surface area contributed by atoms with Crippen molar-refractivity contribution in [3.8, 4) is 0 Å². The summed E-state index contributed by atoms with van der Waals surface area (Å²) in [5.74, 6) is -2.27. The molecule has 19 atom stereocenters. The molecule has 25 nitrogen and oxygen atoms in total. The molecule has 1 saturated carbocycles. The number of unbranched alkanes of at least 4 members (excludes halogenated alkanes) is 48. The van der Waals surface area contributed by atoms with E-state index in [1.807, 2.05) is 0 Å². The van der Waals surface area contributed by atoms with Crippen LogP contribution in [0.4, 0.5) is 0 Å². The molecule has 0 bridgehead atoms. The van der Waals surface area contributed by atoms with Gasteiger partial charge in [0, 0.05) is 25.7 Å². The standard InChI is InChI=1S/C93H173O25P/c1-6-10-14-18-22-25-28-31-33-35-38-40-43-46-54-60-66-78(97)112-73(69-109-76(95)64-58-52-45-42-39-36-30-27-24-20-16-12-8-3)70-111-119(107,108)118-91-89(116-92-86(105)82(101)80(99)74(68-94)113-92)85(104)84(103)88(115-79(98)67-61-55-47-44-41-37-34-32-29-26-23-19-15-11-7-2)90(91)117-93-87(106)83(102)81(100)75(114-93)71-110-77(96)65-59-53-49-48-51-57-63-72(5)62-56-50-21-17-13-9-4/h26,29,72-75,80-94,99-106H,6-25,27-28,30-71H2,1-5H3,(H,107,108)/b29-26-. The van der Waals surface area contributed by atoms with Gasteiger partial charge in [-0.25, -0.2) is 4.57 Å². The average Bonchev–Trinajstić information content (AvgIpc) is 0.754. The number of rotatable bonds is 78. The van der Waals surface area contributed by atoms with Crippen molar-refractivity contribution in [2.24, 2.45) is 5.92 Å². The van der Waals surface area contributed by atoms with E-state index < -0.39 is 162 Å². The normalized spacial score (nSPS) is 25.1. The zero-order valence-corrected chi connectivity index (χ0v) is 75.7. The molecule has 0 aromatic rings. The molecule has 0 radical (unpaired) electrons. The van der Waals surface area contributed by atoms with Crippen LogP contribution in [0.15, 0.2) is 12.2 Å². The van der Waals surface area contributed by atoms with Gasteiger partial charge in [0.2, 0.25) is 0 Å². The van der Waals surface area contributed by atoms with Crippen molar-refractivity contribution in [2.75, 3.05) is 26.4 Å². The lowest BCUT2D eigenvalue weighted by molar-refractivity contribution is -0.360. The summed E-state index contributed by atoms with van der Waals surface area (Å²) >= 11 is 0. The van der Waals surface area contributed by atoms with Gasteiger partial charge in [0.05, 0.1) is 13.2 Å². The van der Waals surface area contributed by atoms with Gasteiger partial charge in [-0.3, -0.25) is 28.2 Å². The second-order valence-corrected chi connectivity index (χ2v) is 36.3. The highest BCUT2D eigenvalue weighted by atomic mass is 31.2. The third kappa shape index (κ3) is 51.6. The summed E-state index contributed by atoms with van der Waals surface area (Å²) in [6, 6.07) is 0. The largest absolute Gasteiger partial charge is 0.472 e. The minimum atomic E-state index is -5.81. The molecule has 26 heteroatoms. The van der Waals surface area contributed by atoms with Crippen LogP contribution in [-0.4, -0.2) is 205 Å². The molecule has 3 aliphatic rings. The van der Waals surface area contributed by atoms with Gasteiger partial charge < -0.3 is 88.7 Å². The number of hydrogen-bond acceptors (Lipinski definition) is 24. The zero-order chi connectivity index (χ0) is 86.9. The fourth-order valence-corrected chi connectivity index (χ4v) is 17.1. The Morgan fingerprint density at radius 3 is 1.09 bits per heavy atom. The third-order valence-corrected chi connectivity index (χ3v) is 24.9. The number of aliphatic hydroxyl groups is 9. The highest BCUT2D eigenvalue weighted by Crippen LogP contribution is 2.49. The molecule has 2 aliphatic heterocycles. The van der Waals surface area contributed by atoms with Gasteiger partial charge >= 0.3 is 31.7 Å². The summed E-state index contributed by atoms with van der Waals surface area (Å²) in [5.41, 5.74) is 0. The first-order valence-electron chi connectivity index (χ1n) is 48.3. The molecule has 1 aliphatic carbocycles. The first-order valence-corrected chi connectivity index (χ1v) is 49.8. The molecule has 3 rings (SSSR count). The van der Waals surface area contributed by atoms with E-state index in [0.29, 0.717) is 38.0 Å². The lowest BCUT2D eigenvalue weighted by Gasteiger charge is -2.50. The van der Waals surface area contributed by atoms with Gasteiger partial charge in [-0.2, -0.15) is 0 Å². The second-order valence-electron chi connectivity index (χ2n) is 34.9. The quantitative estimate of drug-likeness (QED) is 0.00889. The van der Waals surface area contributed by atoms with Crippen molar-refractivity contribution in [1.82, 2.24) is 0 Å². The SMILES string of the molecule is CCCCCC/C=C\CCCCCCCCCC(=O)OC1C(O)C(O)C(OC2OC(CO)C(O)C(O)C2O)C(OP(=O)(O)OCC(COC(=O)CCCCCCCCCCCCCCC)OC(=O)CCCCCCCCCCCCCCCCCC)C1OC1OC(COC(=O)CCCCCCCCC(C)CCCCCCCC)C(O)C(O)C1O. The van der Waals surface area contributed by atoms with Crippen molar-refractivity contribution in [3.63, 3.8) is 0 Å². The summed E-state index contributed by atoms with van der Waals surface area (Å²) in [5, 5.41) is 102. The number of phosphoric acid groups is 1. The molecular formula is C93H173O25P. The van der Waals surface area contributed by atoms with Crippen molar-refractivity contribution >= 4 is 31.7 Å². The van der Waals surface area contributed by atoms with Gasteiger partial charge in [0.15, 0.2) is 24.8 Å². The van der Waals surface area contributed by atoms with Crippen molar-refractivity contribution < 1.29 is 122 Å². The fraction of sp³-hybridized carbons (Fsp3) is 0.935. The van der Waals surface area contributed by atoms with Crippen LogP contribution in [0.1, 0.15) is 420 Å². The van der Waals surface area contributed by atoms with E-state index in [-0.39, 0.29) is 25.7 Å². The molecule has 0 aromatic carbocycles. The van der Waals surface area contributed by atoms with Crippen LogP contribution < -0.4 is 0 Å². The van der Waals surface area contributed by atoms with E-state index in [9.17, 15) is 74.6 Å². The van der Waals surface area contributed by atoms with Gasteiger partial charge in [-0.05, 0) is 57.3 Å². The highest BCUT2D eigenvalue weighted by Gasteiger charge is 2.60. The van der Waals surface area contributed by atoms with Crippen LogP contribution >= 0.6 is 7.82 Å². The Hall–Kier alpha value is -2.79. The molecule has 19 unspecified atom stereocenters. The summed E-state index contributed by atoms with van der Waals surface area (Å²) in [6.07, 6.45) is 29.1. The Kier molecular flexibility index (Phi) is 66.1. The molecule has 700 valence electrons. The van der Waals surface area contributed by atoms with Gasteiger partial charge in [-0.1, -0.05) is 355 Å². The number of carbonyl (C=O) groups excluding carboxylic acids is 4. The maximum absolute atomic E-state index is 14.9. The molecule has 119 heavy (non-hydrogen) atoms. The van der Waals surface area contributed by atoms with E-state index >= 15 is 0 Å². The molecule has 3 fully saturated rings. The average molecular weight is 1720 g/mol. The molecule has 10 N–H and O–H groups in total. The van der Waals surface area contributed by atoms with E-state index in [1.165, 1.54) is 186 Å². The Labute approximate surface area is 718 Å². The van der Waals surface area contributed by atoms with E-state index in [2.05, 4.69) is 46.8 Å². The van der Waals surface area contributed by atoms with Crippen LogP contribution in [-0.2, 0) is 70.7 Å². The number of allylic oxidation sites excluding steroid dienone is 2. The van der Waals surface area contributed by atoms with Crippen molar-refractivity contribution in [3.05, 3.63) is 12.2 Å². The number of carbonyl (C=O) groups is 4. The lowest BCUT2D eigenvalue weighted by atomic mass is 9.84. The van der Waals surface area contributed by atoms with E-state index in [0.717, 1.165) is 141 Å². The first kappa shape index (κ1) is 110. The van der Waals surface area contributed by atoms with E-state index in [1.54, 1.807) is 0 Å². The highest BCUT2D eigenvalue weighted by molar-refractivity contribution is 7.47. The summed E-state index contributed by atoms with van der Waals surface area (Å²) < 4.78 is 73.5. The smallest absolute Gasteiger partial charge is 0.463 e. The molecule has 0 aromatic heterocycles. The lowest BCUT2D eigenvalue weighted by Crippen LogP contribution is -2.70. The van der Waals surface area contributed by atoms with Crippen molar-refractivity contribution in [1.29, 1.82) is 0 Å². The predicted octanol–water partition coefficient (Wildman–Crippen LogP) is 18.2. The van der Waals surface area contributed by atoms with Crippen LogP contribution in [0, 0.1) is 5.92 Å². The molecule has 0 spiro atoms. The number of hydrogen-bond donors (Lipinski definition) is 10. The minimum Gasteiger partial charge on any atom is -0.463 e. The minimum absolute atomic E-state index is 0.0154. The van der Waals surface area contributed by atoms with Crippen LogP contribution in [0.5, 0.6) is 0 Å². The third-order valence-electron chi connectivity index (χ3n) is 23.9. The zero-order valence-electron chi connectivity index (χ0n) is 74.8. The number of ether oxygens (including phenoxy) is 8. The van der Waals surface area contributed by atoms with Crippen LogP contribution in [0.2, 0.25) is 0 Å². The van der Waals surface area contributed by atoms with Crippen molar-refractivity contribution in [2.45, 2.75) is 524 Å². The molecule has 2 heterocycles. The summed E-state index contributed by atoms with van der Waals surface area (Å²) in [4.78, 5) is 66.6. The fourth-order valence-electron chi connectivity index (χ4n) is 16.1. The maximum Gasteiger partial charge on any atom is 0.472 e. The predicted molar refractivity (Wildman–Crippen MR) is 463 cm³/mol. The monoisotopic (exact) mass is 1720 g/mol. The Morgan fingerprint density at radius 2 is 0.681 bits per heavy atom. The van der Waals surface area contributed by atoms with Gasteiger partial charge in [-0.15, -0.1) is 0 Å². The Balaban J connectivity index is 1.91. The number of aliphatic hydroxyl groups excluding tert-OH is 9. The van der Waals surface area contributed by atoms with Crippen LogP contribution in [0.25, 0.3) is 0 Å². The number of phosphoric ester groups is 1. The molecule has 0 amide bonds. The van der Waals surface area contributed by atoms with E-state index in [4.69, 9.17) is 46.9 Å². The maximum atomic E-state index is 14.9. The van der Waals surface area contributed by atoms with Crippen LogP contribution in [0.3, 0.4) is 0 Å². The molecular weight excluding hydrogens is 1550 g/mol. The Bertz CT molecular complexity index is 2530. The topological polar surface area (TPSA) is 380 Å². The second kappa shape index (κ2) is 71.3.